The van der Waals surface area contributed by atoms with Crippen molar-refractivity contribution >= 4 is 20.9 Å². The first kappa shape index (κ1) is 15.4. The monoisotopic (exact) mass is 344 g/mol. The minimum atomic E-state index is -3.48. The third kappa shape index (κ3) is 2.53. The molecule has 24 heavy (non-hydrogen) atoms. The number of hydrogen-bond acceptors (Lipinski definition) is 3. The topological polar surface area (TPSA) is 71.0 Å². The molecule has 6 nitrogen and oxygen atoms in total. The molecule has 1 N–H and O–H groups in total. The van der Waals surface area contributed by atoms with Crippen molar-refractivity contribution in [2.75, 3.05) is 13.1 Å². The van der Waals surface area contributed by atoms with E-state index in [1.807, 2.05) is 12.1 Å². The van der Waals surface area contributed by atoms with E-state index >= 15 is 0 Å². The number of imidazole rings is 1. The zero-order chi connectivity index (χ0) is 16.7. The molecule has 0 radical (unpaired) electrons. The van der Waals surface area contributed by atoms with Gasteiger partial charge in [0.15, 0.2) is 5.03 Å². The molecular weight excluding hydrogens is 324 g/mol. The van der Waals surface area contributed by atoms with E-state index in [-0.39, 0.29) is 5.03 Å². The van der Waals surface area contributed by atoms with Crippen molar-refractivity contribution in [1.82, 2.24) is 18.8 Å². The second-order valence-corrected chi connectivity index (χ2v) is 8.23. The SMILES string of the molecule is Cn1cnc(S(=O)(=O)N2CCC(c3c[nH]c4ccccc34)CC2)c1. The molecule has 3 aromatic rings. The molecule has 0 spiro atoms. The van der Waals surface area contributed by atoms with Gasteiger partial charge in [-0.3, -0.25) is 0 Å². The molecule has 0 saturated carbocycles. The van der Waals surface area contributed by atoms with Gasteiger partial charge in [0.05, 0.1) is 6.33 Å². The number of nitrogens with zero attached hydrogens (tertiary/aromatic N) is 3. The van der Waals surface area contributed by atoms with E-state index < -0.39 is 10.0 Å². The van der Waals surface area contributed by atoms with E-state index in [2.05, 4.69) is 28.3 Å². The normalized spacial score (nSPS) is 17.5. The van der Waals surface area contributed by atoms with Gasteiger partial charge in [-0.25, -0.2) is 13.4 Å². The molecule has 3 heterocycles. The predicted octanol–water partition coefficient (Wildman–Crippen LogP) is 2.47. The molecule has 0 amide bonds. The highest BCUT2D eigenvalue weighted by Gasteiger charge is 2.31. The number of aromatic nitrogens is 3. The lowest BCUT2D eigenvalue weighted by molar-refractivity contribution is 0.319. The molecule has 1 aliphatic heterocycles. The van der Waals surface area contributed by atoms with Crippen LogP contribution in [0.15, 0.2) is 48.0 Å². The Balaban J connectivity index is 1.53. The summed E-state index contributed by atoms with van der Waals surface area (Å²) in [4.78, 5) is 7.31. The molecule has 0 atom stereocenters. The molecule has 1 saturated heterocycles. The van der Waals surface area contributed by atoms with Gasteiger partial charge in [-0.15, -0.1) is 0 Å². The molecule has 2 aromatic heterocycles. The van der Waals surface area contributed by atoms with Gasteiger partial charge in [0.1, 0.15) is 0 Å². The summed E-state index contributed by atoms with van der Waals surface area (Å²) in [5, 5.41) is 1.37. The summed E-state index contributed by atoms with van der Waals surface area (Å²) in [7, 11) is -1.71. The van der Waals surface area contributed by atoms with E-state index in [9.17, 15) is 8.42 Å². The first-order valence-corrected chi connectivity index (χ1v) is 9.54. The zero-order valence-corrected chi connectivity index (χ0v) is 14.3. The summed E-state index contributed by atoms with van der Waals surface area (Å²) >= 11 is 0. The minimum Gasteiger partial charge on any atom is -0.361 e. The summed E-state index contributed by atoms with van der Waals surface area (Å²) in [6.45, 7) is 1.06. The molecule has 0 aliphatic carbocycles. The van der Waals surface area contributed by atoms with Gasteiger partial charge in [0.25, 0.3) is 10.0 Å². The summed E-state index contributed by atoms with van der Waals surface area (Å²) in [5.74, 6) is 0.385. The van der Waals surface area contributed by atoms with Crippen molar-refractivity contribution in [3.63, 3.8) is 0 Å². The number of benzene rings is 1. The first-order chi connectivity index (χ1) is 11.6. The van der Waals surface area contributed by atoms with E-state index in [0.717, 1.165) is 18.4 Å². The Morgan fingerprint density at radius 3 is 2.67 bits per heavy atom. The van der Waals surface area contributed by atoms with Crippen molar-refractivity contribution < 1.29 is 8.42 Å². The van der Waals surface area contributed by atoms with Crippen LogP contribution in [0.4, 0.5) is 0 Å². The quantitative estimate of drug-likeness (QED) is 0.793. The molecule has 1 fully saturated rings. The Bertz CT molecular complexity index is 965. The van der Waals surface area contributed by atoms with Crippen molar-refractivity contribution in [1.29, 1.82) is 0 Å². The third-order valence-corrected chi connectivity index (χ3v) is 6.58. The number of rotatable bonds is 3. The van der Waals surface area contributed by atoms with E-state index in [4.69, 9.17) is 0 Å². The second-order valence-electron chi connectivity index (χ2n) is 6.35. The largest absolute Gasteiger partial charge is 0.361 e. The number of fused-ring (bicyclic) bond motifs is 1. The Kier molecular flexibility index (Phi) is 3.69. The fourth-order valence-corrected chi connectivity index (χ4v) is 4.93. The van der Waals surface area contributed by atoms with Crippen molar-refractivity contribution in [2.24, 2.45) is 7.05 Å². The molecule has 1 aliphatic rings. The summed E-state index contributed by atoms with van der Waals surface area (Å²) < 4.78 is 28.5. The Morgan fingerprint density at radius 2 is 1.96 bits per heavy atom. The van der Waals surface area contributed by atoms with E-state index in [1.165, 1.54) is 17.3 Å². The van der Waals surface area contributed by atoms with Crippen LogP contribution in [0.2, 0.25) is 0 Å². The number of nitrogens with one attached hydrogen (secondary N) is 1. The van der Waals surface area contributed by atoms with Crippen LogP contribution in [-0.4, -0.2) is 40.3 Å². The third-order valence-electron chi connectivity index (χ3n) is 4.80. The smallest absolute Gasteiger partial charge is 0.262 e. The van der Waals surface area contributed by atoms with Crippen molar-refractivity contribution in [2.45, 2.75) is 23.8 Å². The Morgan fingerprint density at radius 1 is 1.21 bits per heavy atom. The summed E-state index contributed by atoms with van der Waals surface area (Å²) in [6.07, 6.45) is 6.80. The highest BCUT2D eigenvalue weighted by atomic mass is 32.2. The average Bonchev–Trinajstić information content (AvgIpc) is 3.21. The first-order valence-electron chi connectivity index (χ1n) is 8.10. The van der Waals surface area contributed by atoms with Crippen LogP contribution in [0.25, 0.3) is 10.9 Å². The van der Waals surface area contributed by atoms with Crippen LogP contribution in [0, 0.1) is 0 Å². The van der Waals surface area contributed by atoms with E-state index in [0.29, 0.717) is 19.0 Å². The van der Waals surface area contributed by atoms with Crippen LogP contribution < -0.4 is 0 Å². The lowest BCUT2D eigenvalue weighted by Crippen LogP contribution is -2.38. The molecule has 0 bridgehead atoms. The predicted molar refractivity (Wildman–Crippen MR) is 92.2 cm³/mol. The van der Waals surface area contributed by atoms with Crippen LogP contribution in [0.5, 0.6) is 0 Å². The Labute approximate surface area is 141 Å². The van der Waals surface area contributed by atoms with Gasteiger partial charge < -0.3 is 9.55 Å². The highest BCUT2D eigenvalue weighted by molar-refractivity contribution is 7.89. The number of hydrogen-bond donors (Lipinski definition) is 1. The van der Waals surface area contributed by atoms with Gasteiger partial charge in [0, 0.05) is 43.4 Å². The van der Waals surface area contributed by atoms with Crippen LogP contribution in [-0.2, 0) is 17.1 Å². The standard InChI is InChI=1S/C17H20N4O2S/c1-20-11-17(19-12-20)24(22,23)21-8-6-13(7-9-21)15-10-18-16-5-3-2-4-14(15)16/h2-5,10-13,18H,6-9H2,1H3. The fourth-order valence-electron chi connectivity index (χ4n) is 3.49. The molecular formula is C17H20N4O2S. The Hall–Kier alpha value is -2.12. The maximum atomic E-state index is 12.7. The number of aryl methyl sites for hydroxylation is 1. The molecule has 7 heteroatoms. The number of sulfonamides is 1. The summed E-state index contributed by atoms with van der Waals surface area (Å²) in [5.41, 5.74) is 2.43. The lowest BCUT2D eigenvalue weighted by Gasteiger charge is -2.30. The molecule has 126 valence electrons. The fraction of sp³-hybridized carbons (Fsp3) is 0.353. The maximum Gasteiger partial charge on any atom is 0.262 e. The van der Waals surface area contributed by atoms with Gasteiger partial charge in [-0.1, -0.05) is 18.2 Å². The van der Waals surface area contributed by atoms with E-state index in [1.54, 1.807) is 22.1 Å². The average molecular weight is 344 g/mol. The highest BCUT2D eigenvalue weighted by Crippen LogP contribution is 2.34. The number of aromatic amines is 1. The molecule has 1 aromatic carbocycles. The zero-order valence-electron chi connectivity index (χ0n) is 13.5. The van der Waals surface area contributed by atoms with Gasteiger partial charge >= 0.3 is 0 Å². The number of H-pyrrole nitrogens is 1. The van der Waals surface area contributed by atoms with Gasteiger partial charge in [-0.05, 0) is 30.4 Å². The number of para-hydroxylation sites is 1. The second kappa shape index (κ2) is 5.75. The van der Waals surface area contributed by atoms with Crippen LogP contribution in [0.1, 0.15) is 24.3 Å². The maximum absolute atomic E-state index is 12.7. The molecule has 4 rings (SSSR count). The van der Waals surface area contributed by atoms with Crippen molar-refractivity contribution in [3.8, 4) is 0 Å². The molecule has 0 unspecified atom stereocenters. The van der Waals surface area contributed by atoms with Gasteiger partial charge in [-0.2, -0.15) is 4.31 Å². The lowest BCUT2D eigenvalue weighted by atomic mass is 9.90. The van der Waals surface area contributed by atoms with Crippen LogP contribution >= 0.6 is 0 Å². The minimum absolute atomic E-state index is 0.135. The van der Waals surface area contributed by atoms with Crippen LogP contribution in [0.3, 0.4) is 0 Å². The number of piperidine rings is 1. The van der Waals surface area contributed by atoms with Crippen molar-refractivity contribution in [3.05, 3.63) is 48.5 Å². The van der Waals surface area contributed by atoms with Gasteiger partial charge in [0.2, 0.25) is 0 Å². The summed E-state index contributed by atoms with van der Waals surface area (Å²) in [6, 6.07) is 8.25.